The van der Waals surface area contributed by atoms with Crippen molar-refractivity contribution in [3.63, 3.8) is 0 Å². The Labute approximate surface area is 181 Å². The zero-order valence-corrected chi connectivity index (χ0v) is 17.6. The molecule has 0 radical (unpaired) electrons. The quantitative estimate of drug-likeness (QED) is 0.326. The van der Waals surface area contributed by atoms with E-state index in [1.807, 2.05) is 36.4 Å². The van der Waals surface area contributed by atoms with E-state index in [-0.39, 0.29) is 11.7 Å². The van der Waals surface area contributed by atoms with E-state index >= 15 is 0 Å². The maximum atomic E-state index is 13.0. The van der Waals surface area contributed by atoms with Gasteiger partial charge in [-0.25, -0.2) is 0 Å². The number of phenolic OH excluding ortho intramolecular Hbond substituents is 1. The molecule has 4 aromatic rings. The van der Waals surface area contributed by atoms with Crippen LogP contribution >= 0.6 is 0 Å². The number of nitrogens with one attached hydrogen (secondary N) is 1. The molecule has 0 aliphatic carbocycles. The molecule has 5 heteroatoms. The summed E-state index contributed by atoms with van der Waals surface area (Å²) in [6.07, 6.45) is 1.76. The van der Waals surface area contributed by atoms with Gasteiger partial charge >= 0.3 is 0 Å². The second-order valence-electron chi connectivity index (χ2n) is 7.43. The van der Waals surface area contributed by atoms with E-state index < -0.39 is 0 Å². The topological polar surface area (TPSA) is 67.8 Å². The molecule has 158 valence electrons. The summed E-state index contributed by atoms with van der Waals surface area (Å²) >= 11 is 0. The van der Waals surface area contributed by atoms with Crippen LogP contribution in [0.4, 0.5) is 0 Å². The molecule has 0 aliphatic rings. The molecule has 0 bridgehead atoms. The maximum Gasteiger partial charge on any atom is 0.251 e. The third kappa shape index (κ3) is 4.26. The van der Waals surface area contributed by atoms with Crippen LogP contribution in [-0.4, -0.2) is 31.8 Å². The lowest BCUT2D eigenvalue weighted by atomic mass is 9.96. The molecule has 0 fully saturated rings. The van der Waals surface area contributed by atoms with Crippen LogP contribution in [0.25, 0.3) is 21.5 Å². The number of aryl methyl sites for hydroxylation is 1. The van der Waals surface area contributed by atoms with Crippen LogP contribution in [0.2, 0.25) is 0 Å². The van der Waals surface area contributed by atoms with E-state index in [1.54, 1.807) is 32.4 Å². The van der Waals surface area contributed by atoms with Gasteiger partial charge in [-0.15, -0.1) is 0 Å². The zero-order valence-electron chi connectivity index (χ0n) is 17.6. The molecule has 5 nitrogen and oxygen atoms in total. The van der Waals surface area contributed by atoms with Gasteiger partial charge in [0.15, 0.2) is 11.5 Å². The molecule has 31 heavy (non-hydrogen) atoms. The lowest BCUT2D eigenvalue weighted by Crippen LogP contribution is -2.25. The van der Waals surface area contributed by atoms with Crippen LogP contribution < -0.4 is 14.8 Å². The van der Waals surface area contributed by atoms with Crippen molar-refractivity contribution >= 4 is 27.5 Å². The molecule has 0 heterocycles. The Kier molecular flexibility index (Phi) is 5.94. The highest BCUT2D eigenvalue weighted by Crippen LogP contribution is 2.38. The minimum atomic E-state index is -0.138. The fourth-order valence-electron chi connectivity index (χ4n) is 3.89. The summed E-state index contributed by atoms with van der Waals surface area (Å²) in [5, 5.41) is 16.4. The van der Waals surface area contributed by atoms with E-state index in [2.05, 4.69) is 17.4 Å². The Balaban J connectivity index is 1.66. The molecular weight excluding hydrogens is 390 g/mol. The summed E-state index contributed by atoms with van der Waals surface area (Å²) in [5.41, 5.74) is 1.82. The predicted octanol–water partition coefficient (Wildman–Crippen LogP) is 5.08. The second kappa shape index (κ2) is 8.96. The summed E-state index contributed by atoms with van der Waals surface area (Å²) in [4.78, 5) is 13.0. The van der Waals surface area contributed by atoms with Gasteiger partial charge in [-0.1, -0.05) is 30.3 Å². The van der Waals surface area contributed by atoms with Crippen LogP contribution in [0.15, 0.2) is 66.7 Å². The van der Waals surface area contributed by atoms with Gasteiger partial charge < -0.3 is 19.9 Å². The number of hydrogen-bond donors (Lipinski definition) is 2. The third-order valence-electron chi connectivity index (χ3n) is 5.45. The van der Waals surface area contributed by atoms with Crippen molar-refractivity contribution in [3.8, 4) is 17.2 Å². The first-order valence-electron chi connectivity index (χ1n) is 10.2. The number of aromatic hydroxyl groups is 1. The average molecular weight is 415 g/mol. The molecule has 0 spiro atoms. The van der Waals surface area contributed by atoms with Gasteiger partial charge in [-0.3, -0.25) is 4.79 Å². The molecule has 2 N–H and O–H groups in total. The lowest BCUT2D eigenvalue weighted by molar-refractivity contribution is 0.0955. The van der Waals surface area contributed by atoms with Crippen molar-refractivity contribution in [2.45, 2.75) is 12.8 Å². The van der Waals surface area contributed by atoms with Crippen LogP contribution in [0.5, 0.6) is 17.2 Å². The number of ether oxygens (including phenoxy) is 2. The van der Waals surface area contributed by atoms with Crippen molar-refractivity contribution in [3.05, 3.63) is 77.9 Å². The van der Waals surface area contributed by atoms with E-state index in [9.17, 15) is 9.90 Å². The Morgan fingerprint density at radius 2 is 1.61 bits per heavy atom. The monoisotopic (exact) mass is 415 g/mol. The summed E-state index contributed by atoms with van der Waals surface area (Å²) in [7, 11) is 3.16. The zero-order chi connectivity index (χ0) is 21.8. The fraction of sp³-hybridized carbons (Fsp3) is 0.192. The molecule has 0 saturated carbocycles. The normalized spacial score (nSPS) is 10.9. The van der Waals surface area contributed by atoms with Gasteiger partial charge in [-0.2, -0.15) is 0 Å². The SMILES string of the molecule is COc1cc2cc(C(=O)NCCCc3ccccc3)c3ccc(O)cc3c2cc1OC. The maximum absolute atomic E-state index is 13.0. The summed E-state index contributed by atoms with van der Waals surface area (Å²) in [5.74, 6) is 1.19. The van der Waals surface area contributed by atoms with Gasteiger partial charge in [0.2, 0.25) is 0 Å². The minimum Gasteiger partial charge on any atom is -0.508 e. The van der Waals surface area contributed by atoms with Crippen LogP contribution in [-0.2, 0) is 6.42 Å². The van der Waals surface area contributed by atoms with Crippen molar-refractivity contribution in [1.82, 2.24) is 5.32 Å². The molecule has 4 rings (SSSR count). The number of fused-ring (bicyclic) bond motifs is 3. The predicted molar refractivity (Wildman–Crippen MR) is 123 cm³/mol. The third-order valence-corrected chi connectivity index (χ3v) is 5.45. The van der Waals surface area contributed by atoms with Crippen molar-refractivity contribution in [2.24, 2.45) is 0 Å². The standard InChI is InChI=1S/C26H25NO4/c1-30-24-14-18-13-23(26(29)27-12-6-9-17-7-4-3-5-8-17)20-11-10-19(28)15-22(20)21(18)16-25(24)31-2/h3-5,7-8,10-11,13-16,28H,6,9,12H2,1-2H3,(H,27,29). The van der Waals surface area contributed by atoms with E-state index in [0.717, 1.165) is 34.4 Å². The van der Waals surface area contributed by atoms with Crippen molar-refractivity contribution < 1.29 is 19.4 Å². The van der Waals surface area contributed by atoms with E-state index in [4.69, 9.17) is 9.47 Å². The largest absolute Gasteiger partial charge is 0.508 e. The fourth-order valence-corrected chi connectivity index (χ4v) is 3.89. The van der Waals surface area contributed by atoms with Gasteiger partial charge in [0.05, 0.1) is 14.2 Å². The number of amides is 1. The summed E-state index contributed by atoms with van der Waals surface area (Å²) in [6, 6.07) is 20.9. The van der Waals surface area contributed by atoms with E-state index in [0.29, 0.717) is 23.6 Å². The molecule has 0 aliphatic heterocycles. The number of hydrogen-bond acceptors (Lipinski definition) is 4. The van der Waals surface area contributed by atoms with Gasteiger partial charge in [-0.05, 0) is 76.3 Å². The molecule has 4 aromatic carbocycles. The Bertz CT molecular complexity index is 1230. The molecule has 0 aromatic heterocycles. The first-order valence-corrected chi connectivity index (χ1v) is 10.2. The number of carbonyl (C=O) groups excluding carboxylic acids is 1. The molecule has 0 atom stereocenters. The number of phenols is 1. The summed E-state index contributed by atoms with van der Waals surface area (Å²) < 4.78 is 10.9. The highest BCUT2D eigenvalue weighted by Gasteiger charge is 2.16. The summed E-state index contributed by atoms with van der Waals surface area (Å²) in [6.45, 7) is 0.581. The highest BCUT2D eigenvalue weighted by atomic mass is 16.5. The molecule has 0 saturated heterocycles. The van der Waals surface area contributed by atoms with Gasteiger partial charge in [0, 0.05) is 12.1 Å². The second-order valence-corrected chi connectivity index (χ2v) is 7.43. The number of rotatable bonds is 7. The minimum absolute atomic E-state index is 0.138. The Hall–Kier alpha value is -3.73. The smallest absolute Gasteiger partial charge is 0.251 e. The van der Waals surface area contributed by atoms with E-state index in [1.165, 1.54) is 5.56 Å². The van der Waals surface area contributed by atoms with Crippen molar-refractivity contribution in [2.75, 3.05) is 20.8 Å². The highest BCUT2D eigenvalue weighted by molar-refractivity contribution is 6.17. The van der Waals surface area contributed by atoms with Crippen LogP contribution in [0.3, 0.4) is 0 Å². The van der Waals surface area contributed by atoms with Gasteiger partial charge in [0.1, 0.15) is 5.75 Å². The first-order chi connectivity index (χ1) is 15.1. The Morgan fingerprint density at radius 1 is 0.871 bits per heavy atom. The average Bonchev–Trinajstić information content (AvgIpc) is 2.80. The molecular formula is C26H25NO4. The van der Waals surface area contributed by atoms with Crippen molar-refractivity contribution in [1.29, 1.82) is 0 Å². The Morgan fingerprint density at radius 3 is 2.35 bits per heavy atom. The number of benzene rings is 4. The van der Waals surface area contributed by atoms with Crippen LogP contribution in [0, 0.1) is 0 Å². The van der Waals surface area contributed by atoms with Gasteiger partial charge in [0.25, 0.3) is 5.91 Å². The number of methoxy groups -OCH3 is 2. The molecule has 0 unspecified atom stereocenters. The van der Waals surface area contributed by atoms with Crippen LogP contribution in [0.1, 0.15) is 22.3 Å². The lowest BCUT2D eigenvalue weighted by Gasteiger charge is -2.14. The molecule has 1 amide bonds. The number of carbonyl (C=O) groups is 1. The first kappa shape index (κ1) is 20.5.